The molecule has 0 aliphatic carbocycles. The Bertz CT molecular complexity index is 754. The van der Waals surface area contributed by atoms with Gasteiger partial charge in [0.05, 0.1) is 32.0 Å². The van der Waals surface area contributed by atoms with Crippen LogP contribution in [-0.4, -0.2) is 32.3 Å². The van der Waals surface area contributed by atoms with Crippen LogP contribution in [0, 0.1) is 0 Å². The minimum absolute atomic E-state index is 0.0188. The van der Waals surface area contributed by atoms with E-state index in [9.17, 15) is 4.79 Å². The lowest BCUT2D eigenvalue weighted by molar-refractivity contribution is 0.246. The van der Waals surface area contributed by atoms with Crippen LogP contribution in [0.1, 0.15) is 18.5 Å². The van der Waals surface area contributed by atoms with Gasteiger partial charge in [0.1, 0.15) is 11.5 Å². The van der Waals surface area contributed by atoms with Crippen molar-refractivity contribution in [2.45, 2.75) is 25.0 Å². The fourth-order valence-electron chi connectivity index (χ4n) is 3.06. The molecule has 1 saturated heterocycles. The van der Waals surface area contributed by atoms with Gasteiger partial charge in [-0.3, -0.25) is 5.43 Å². The van der Waals surface area contributed by atoms with E-state index in [1.165, 1.54) is 0 Å². The van der Waals surface area contributed by atoms with E-state index in [2.05, 4.69) is 21.5 Å². The molecule has 3 atom stereocenters. The first kappa shape index (κ1) is 18.0. The average molecular weight is 356 g/mol. The minimum atomic E-state index is -0.295. The summed E-state index contributed by atoms with van der Waals surface area (Å²) in [6.45, 7) is 2.02. The number of ether oxygens (including phenoxy) is 2. The first-order chi connectivity index (χ1) is 12.6. The second kappa shape index (κ2) is 8.07. The van der Waals surface area contributed by atoms with Crippen molar-refractivity contribution < 1.29 is 14.3 Å². The maximum atomic E-state index is 12.5. The maximum absolute atomic E-state index is 12.5. The van der Waals surface area contributed by atoms with Crippen molar-refractivity contribution in [2.75, 3.05) is 19.5 Å². The standard InChI is InChI=1S/C19H24N4O3/c1-12-17(18(23-22-12)13-7-5-4-6-8-13)21-19(24)20-15-10-9-14(25-2)11-16(15)26-3/h4-12,17-18,22-23H,1-3H3,(H2,20,21,24). The summed E-state index contributed by atoms with van der Waals surface area (Å²) in [5.41, 5.74) is 8.12. The first-order valence-corrected chi connectivity index (χ1v) is 8.48. The summed E-state index contributed by atoms with van der Waals surface area (Å²) < 4.78 is 10.5. The maximum Gasteiger partial charge on any atom is 0.319 e. The second-order valence-electron chi connectivity index (χ2n) is 6.16. The lowest BCUT2D eigenvalue weighted by Gasteiger charge is -2.23. The zero-order chi connectivity index (χ0) is 18.5. The Morgan fingerprint density at radius 3 is 2.50 bits per heavy atom. The van der Waals surface area contributed by atoms with Gasteiger partial charge >= 0.3 is 6.03 Å². The molecule has 1 aliphatic heterocycles. The third kappa shape index (κ3) is 3.89. The molecule has 138 valence electrons. The molecule has 3 rings (SSSR count). The van der Waals surface area contributed by atoms with Gasteiger partial charge < -0.3 is 20.1 Å². The molecule has 3 unspecified atom stereocenters. The summed E-state index contributed by atoms with van der Waals surface area (Å²) in [7, 11) is 3.13. The van der Waals surface area contributed by atoms with E-state index in [0.717, 1.165) is 5.56 Å². The van der Waals surface area contributed by atoms with Crippen molar-refractivity contribution in [3.8, 4) is 11.5 Å². The van der Waals surface area contributed by atoms with Crippen LogP contribution in [0.25, 0.3) is 0 Å². The molecule has 1 fully saturated rings. The van der Waals surface area contributed by atoms with Gasteiger partial charge in [0, 0.05) is 12.1 Å². The molecule has 0 aromatic heterocycles. The molecule has 2 aromatic carbocycles. The van der Waals surface area contributed by atoms with Crippen molar-refractivity contribution in [1.29, 1.82) is 0 Å². The van der Waals surface area contributed by atoms with Gasteiger partial charge in [-0.1, -0.05) is 30.3 Å². The number of urea groups is 1. The van der Waals surface area contributed by atoms with Gasteiger partial charge in [0.25, 0.3) is 0 Å². The Morgan fingerprint density at radius 1 is 1.04 bits per heavy atom. The van der Waals surface area contributed by atoms with Crippen LogP contribution in [0.15, 0.2) is 48.5 Å². The molecule has 0 spiro atoms. The second-order valence-corrected chi connectivity index (χ2v) is 6.16. The molecule has 7 nitrogen and oxygen atoms in total. The highest BCUT2D eigenvalue weighted by atomic mass is 16.5. The lowest BCUT2D eigenvalue weighted by atomic mass is 9.97. The number of nitrogens with one attached hydrogen (secondary N) is 4. The number of rotatable bonds is 5. The Morgan fingerprint density at radius 2 is 1.81 bits per heavy atom. The molecular formula is C19H24N4O3. The summed E-state index contributed by atoms with van der Waals surface area (Å²) in [6, 6.07) is 14.9. The number of hydrogen-bond acceptors (Lipinski definition) is 5. The highest BCUT2D eigenvalue weighted by molar-refractivity contribution is 5.91. The molecule has 1 heterocycles. The van der Waals surface area contributed by atoms with Crippen LogP contribution in [0.4, 0.5) is 10.5 Å². The minimum Gasteiger partial charge on any atom is -0.497 e. The van der Waals surface area contributed by atoms with Crippen LogP contribution in [0.3, 0.4) is 0 Å². The van der Waals surface area contributed by atoms with E-state index in [4.69, 9.17) is 9.47 Å². The highest BCUT2D eigenvalue weighted by Crippen LogP contribution is 2.29. The predicted molar refractivity (Wildman–Crippen MR) is 100 cm³/mol. The van der Waals surface area contributed by atoms with Crippen molar-refractivity contribution in [3.63, 3.8) is 0 Å². The first-order valence-electron chi connectivity index (χ1n) is 8.48. The van der Waals surface area contributed by atoms with Crippen LogP contribution in [-0.2, 0) is 0 Å². The third-order valence-corrected chi connectivity index (χ3v) is 4.48. The molecule has 1 aliphatic rings. The van der Waals surface area contributed by atoms with Crippen LogP contribution >= 0.6 is 0 Å². The van der Waals surface area contributed by atoms with E-state index in [-0.39, 0.29) is 24.2 Å². The zero-order valence-electron chi connectivity index (χ0n) is 15.1. The van der Waals surface area contributed by atoms with Gasteiger partial charge in [-0.15, -0.1) is 0 Å². The van der Waals surface area contributed by atoms with Crippen LogP contribution < -0.4 is 31.0 Å². The van der Waals surface area contributed by atoms with Crippen molar-refractivity contribution >= 4 is 11.7 Å². The van der Waals surface area contributed by atoms with E-state index < -0.39 is 0 Å². The molecule has 0 radical (unpaired) electrons. The smallest absolute Gasteiger partial charge is 0.319 e. The summed E-state index contributed by atoms with van der Waals surface area (Å²) in [6.07, 6.45) is 0. The van der Waals surface area contributed by atoms with E-state index in [1.807, 2.05) is 37.3 Å². The van der Waals surface area contributed by atoms with Crippen LogP contribution in [0.2, 0.25) is 0 Å². The van der Waals surface area contributed by atoms with E-state index >= 15 is 0 Å². The fourth-order valence-corrected chi connectivity index (χ4v) is 3.06. The van der Waals surface area contributed by atoms with Gasteiger partial charge in [-0.05, 0) is 24.6 Å². The number of methoxy groups -OCH3 is 2. The number of carbonyl (C=O) groups is 1. The molecule has 26 heavy (non-hydrogen) atoms. The summed E-state index contributed by atoms with van der Waals surface area (Å²) in [5, 5.41) is 5.89. The van der Waals surface area contributed by atoms with Crippen LogP contribution in [0.5, 0.6) is 11.5 Å². The largest absolute Gasteiger partial charge is 0.497 e. The number of benzene rings is 2. The lowest BCUT2D eigenvalue weighted by Crippen LogP contribution is -2.46. The van der Waals surface area contributed by atoms with Crippen molar-refractivity contribution in [3.05, 3.63) is 54.1 Å². The third-order valence-electron chi connectivity index (χ3n) is 4.48. The topological polar surface area (TPSA) is 83.7 Å². The van der Waals surface area contributed by atoms with E-state index in [1.54, 1.807) is 32.4 Å². The Labute approximate surface area is 153 Å². The monoisotopic (exact) mass is 356 g/mol. The van der Waals surface area contributed by atoms with Gasteiger partial charge in [-0.2, -0.15) is 0 Å². The van der Waals surface area contributed by atoms with Crippen molar-refractivity contribution in [1.82, 2.24) is 16.2 Å². The SMILES string of the molecule is COc1ccc(NC(=O)NC2C(C)NNC2c2ccccc2)c(OC)c1. The Balaban J connectivity index is 1.71. The molecule has 2 aromatic rings. The molecule has 0 saturated carbocycles. The summed E-state index contributed by atoms with van der Waals surface area (Å²) in [4.78, 5) is 12.5. The van der Waals surface area contributed by atoms with E-state index in [0.29, 0.717) is 17.2 Å². The normalized spacial score (nSPS) is 21.9. The Kier molecular flexibility index (Phi) is 5.60. The number of anilines is 1. The van der Waals surface area contributed by atoms with Gasteiger partial charge in [0.15, 0.2) is 0 Å². The van der Waals surface area contributed by atoms with Gasteiger partial charge in [-0.25, -0.2) is 10.2 Å². The molecule has 4 N–H and O–H groups in total. The quantitative estimate of drug-likeness (QED) is 0.661. The fraction of sp³-hybridized carbons (Fsp3) is 0.316. The van der Waals surface area contributed by atoms with Gasteiger partial charge in [0.2, 0.25) is 0 Å². The zero-order valence-corrected chi connectivity index (χ0v) is 15.1. The average Bonchev–Trinajstić information content (AvgIpc) is 3.03. The summed E-state index contributed by atoms with van der Waals surface area (Å²) in [5.74, 6) is 1.20. The predicted octanol–water partition coefficient (Wildman–Crippen LogP) is 2.43. The molecular weight excluding hydrogens is 332 g/mol. The van der Waals surface area contributed by atoms with Crippen molar-refractivity contribution in [2.24, 2.45) is 0 Å². The number of hydrazine groups is 1. The number of carbonyl (C=O) groups excluding carboxylic acids is 1. The molecule has 2 amide bonds. The Hall–Kier alpha value is -2.77. The summed E-state index contributed by atoms with van der Waals surface area (Å²) >= 11 is 0. The highest BCUT2D eigenvalue weighted by Gasteiger charge is 2.35. The number of hydrogen-bond donors (Lipinski definition) is 4. The molecule has 7 heteroatoms. The number of amides is 2. The molecule has 0 bridgehead atoms.